The largest absolute Gasteiger partial charge is 0.306 e. The number of nitrogens with zero attached hydrogens (tertiary/aromatic N) is 2. The van der Waals surface area contributed by atoms with Crippen LogP contribution in [0.3, 0.4) is 0 Å². The fourth-order valence-electron chi connectivity index (χ4n) is 1.95. The van der Waals surface area contributed by atoms with Crippen LogP contribution in [0.4, 0.5) is 4.39 Å². The summed E-state index contributed by atoms with van der Waals surface area (Å²) in [4.78, 5) is 0. The smallest absolute Gasteiger partial charge is 0.123 e. The number of aryl methyl sites for hydroxylation is 2. The van der Waals surface area contributed by atoms with Crippen molar-refractivity contribution in [2.24, 2.45) is 7.05 Å². The first kappa shape index (κ1) is 12.8. The van der Waals surface area contributed by atoms with E-state index in [0.717, 1.165) is 17.8 Å². The predicted molar refractivity (Wildman–Crippen MR) is 69.6 cm³/mol. The van der Waals surface area contributed by atoms with Gasteiger partial charge in [-0.15, -0.1) is 0 Å². The number of nitrogens with one attached hydrogen (secondary N) is 1. The molecule has 3 nitrogen and oxygen atoms in total. The Kier molecular flexibility index (Phi) is 3.77. The summed E-state index contributed by atoms with van der Waals surface area (Å²) in [6, 6.07) is 6.78. The molecule has 2 aromatic rings. The van der Waals surface area contributed by atoms with E-state index in [1.165, 1.54) is 17.7 Å². The van der Waals surface area contributed by atoms with E-state index in [0.29, 0.717) is 0 Å². The van der Waals surface area contributed by atoms with Crippen LogP contribution in [0.1, 0.15) is 29.8 Å². The van der Waals surface area contributed by atoms with Gasteiger partial charge in [0, 0.05) is 31.4 Å². The molecule has 96 valence electrons. The van der Waals surface area contributed by atoms with Crippen molar-refractivity contribution in [2.45, 2.75) is 26.4 Å². The minimum Gasteiger partial charge on any atom is -0.306 e. The number of rotatable bonds is 4. The van der Waals surface area contributed by atoms with Gasteiger partial charge >= 0.3 is 0 Å². The topological polar surface area (TPSA) is 29.9 Å². The molecule has 1 N–H and O–H groups in total. The highest BCUT2D eigenvalue weighted by Gasteiger charge is 2.07. The molecule has 1 atom stereocenters. The van der Waals surface area contributed by atoms with Crippen LogP contribution < -0.4 is 5.32 Å². The molecule has 0 saturated heterocycles. The molecule has 0 spiro atoms. The fraction of sp³-hybridized carbons (Fsp3) is 0.357. The molecule has 18 heavy (non-hydrogen) atoms. The second-order valence-electron chi connectivity index (χ2n) is 4.57. The van der Waals surface area contributed by atoms with Crippen molar-refractivity contribution in [1.29, 1.82) is 0 Å². The van der Waals surface area contributed by atoms with Crippen LogP contribution in [-0.4, -0.2) is 9.78 Å². The maximum atomic E-state index is 12.8. The first-order chi connectivity index (χ1) is 8.56. The Hall–Kier alpha value is -1.68. The van der Waals surface area contributed by atoms with E-state index in [2.05, 4.69) is 17.3 Å². The molecule has 0 aliphatic carbocycles. The predicted octanol–water partition coefficient (Wildman–Crippen LogP) is 2.72. The standard InChI is InChI=1S/C14H18FN3/c1-10(12-4-6-14(15)7-5-12)16-8-13-9-18(3)17-11(13)2/h4-7,9-10,16H,8H2,1-3H3. The average Bonchev–Trinajstić information content (AvgIpc) is 2.66. The number of aromatic nitrogens is 2. The highest BCUT2D eigenvalue weighted by atomic mass is 19.1. The van der Waals surface area contributed by atoms with Crippen molar-refractivity contribution >= 4 is 0 Å². The van der Waals surface area contributed by atoms with Gasteiger partial charge in [-0.2, -0.15) is 5.10 Å². The van der Waals surface area contributed by atoms with E-state index in [-0.39, 0.29) is 11.9 Å². The maximum absolute atomic E-state index is 12.8. The lowest BCUT2D eigenvalue weighted by Crippen LogP contribution is -2.18. The number of benzene rings is 1. The van der Waals surface area contributed by atoms with Gasteiger partial charge < -0.3 is 5.32 Å². The van der Waals surface area contributed by atoms with Gasteiger partial charge in [0.25, 0.3) is 0 Å². The Bertz CT molecular complexity index is 516. The highest BCUT2D eigenvalue weighted by molar-refractivity contribution is 5.20. The van der Waals surface area contributed by atoms with Crippen LogP contribution >= 0.6 is 0 Å². The molecule has 0 fully saturated rings. The van der Waals surface area contributed by atoms with Crippen LogP contribution in [0.5, 0.6) is 0 Å². The van der Waals surface area contributed by atoms with Crippen LogP contribution in [-0.2, 0) is 13.6 Å². The summed E-state index contributed by atoms with van der Waals surface area (Å²) in [5.41, 5.74) is 3.31. The third-order valence-electron chi connectivity index (χ3n) is 3.08. The second kappa shape index (κ2) is 5.31. The first-order valence-corrected chi connectivity index (χ1v) is 6.04. The molecule has 0 radical (unpaired) electrons. The molecule has 1 aromatic carbocycles. The van der Waals surface area contributed by atoms with Gasteiger partial charge in [0.05, 0.1) is 5.69 Å². The zero-order valence-electron chi connectivity index (χ0n) is 10.9. The number of halogens is 1. The van der Waals surface area contributed by atoms with Gasteiger partial charge in [-0.05, 0) is 31.5 Å². The summed E-state index contributed by atoms with van der Waals surface area (Å²) in [6.45, 7) is 4.83. The van der Waals surface area contributed by atoms with Crippen molar-refractivity contribution in [2.75, 3.05) is 0 Å². The van der Waals surface area contributed by atoms with Gasteiger partial charge in [0.2, 0.25) is 0 Å². The van der Waals surface area contributed by atoms with Crippen LogP contribution in [0, 0.1) is 12.7 Å². The van der Waals surface area contributed by atoms with Crippen LogP contribution in [0.15, 0.2) is 30.5 Å². The number of hydrogen-bond acceptors (Lipinski definition) is 2. The van der Waals surface area contributed by atoms with Gasteiger partial charge in [-0.1, -0.05) is 12.1 Å². The summed E-state index contributed by atoms with van der Waals surface area (Å²) in [5, 5.41) is 7.71. The van der Waals surface area contributed by atoms with Crippen molar-refractivity contribution in [3.8, 4) is 0 Å². The zero-order valence-corrected chi connectivity index (χ0v) is 10.9. The Balaban J connectivity index is 1.98. The molecule has 1 aromatic heterocycles. The minimum absolute atomic E-state index is 0.185. The molecule has 0 aliphatic heterocycles. The summed E-state index contributed by atoms with van der Waals surface area (Å²) < 4.78 is 14.6. The fourth-order valence-corrected chi connectivity index (χ4v) is 1.95. The lowest BCUT2D eigenvalue weighted by molar-refractivity contribution is 0.570. The van der Waals surface area contributed by atoms with Crippen molar-refractivity contribution in [3.05, 3.63) is 53.1 Å². The molecule has 0 bridgehead atoms. The number of hydrogen-bond donors (Lipinski definition) is 1. The third-order valence-corrected chi connectivity index (χ3v) is 3.08. The molecule has 4 heteroatoms. The normalized spacial score (nSPS) is 12.7. The Morgan fingerprint density at radius 3 is 2.56 bits per heavy atom. The van der Waals surface area contributed by atoms with Gasteiger partial charge in [-0.3, -0.25) is 4.68 Å². The monoisotopic (exact) mass is 247 g/mol. The van der Waals surface area contributed by atoms with E-state index in [4.69, 9.17) is 0 Å². The Morgan fingerprint density at radius 2 is 2.00 bits per heavy atom. The summed E-state index contributed by atoms with van der Waals surface area (Å²) in [5.74, 6) is -0.200. The van der Waals surface area contributed by atoms with Crippen molar-refractivity contribution in [3.63, 3.8) is 0 Å². The van der Waals surface area contributed by atoms with Gasteiger partial charge in [0.15, 0.2) is 0 Å². The molecule has 1 unspecified atom stereocenters. The quantitative estimate of drug-likeness (QED) is 0.900. The SMILES string of the molecule is Cc1nn(C)cc1CNC(C)c1ccc(F)cc1. The van der Waals surface area contributed by atoms with E-state index in [1.807, 2.05) is 37.0 Å². The molecular formula is C14H18FN3. The highest BCUT2D eigenvalue weighted by Crippen LogP contribution is 2.14. The lowest BCUT2D eigenvalue weighted by atomic mass is 10.1. The maximum Gasteiger partial charge on any atom is 0.123 e. The van der Waals surface area contributed by atoms with Gasteiger partial charge in [-0.25, -0.2) is 4.39 Å². The third kappa shape index (κ3) is 2.96. The average molecular weight is 247 g/mol. The first-order valence-electron chi connectivity index (χ1n) is 6.04. The minimum atomic E-state index is -0.200. The van der Waals surface area contributed by atoms with E-state index in [1.54, 1.807) is 0 Å². The van der Waals surface area contributed by atoms with E-state index >= 15 is 0 Å². The van der Waals surface area contributed by atoms with Gasteiger partial charge in [0.1, 0.15) is 5.82 Å². The zero-order chi connectivity index (χ0) is 13.1. The molecular weight excluding hydrogens is 229 g/mol. The van der Waals surface area contributed by atoms with Crippen LogP contribution in [0.2, 0.25) is 0 Å². The van der Waals surface area contributed by atoms with Crippen molar-refractivity contribution < 1.29 is 4.39 Å². The summed E-state index contributed by atoms with van der Waals surface area (Å²) in [6.07, 6.45) is 2.01. The molecule has 2 rings (SSSR count). The molecule has 0 saturated carbocycles. The Labute approximate surface area is 107 Å². The molecule has 0 amide bonds. The van der Waals surface area contributed by atoms with E-state index in [9.17, 15) is 4.39 Å². The second-order valence-corrected chi connectivity index (χ2v) is 4.57. The van der Waals surface area contributed by atoms with E-state index < -0.39 is 0 Å². The molecule has 0 aliphatic rings. The van der Waals surface area contributed by atoms with Crippen molar-refractivity contribution in [1.82, 2.24) is 15.1 Å². The summed E-state index contributed by atoms with van der Waals surface area (Å²) in [7, 11) is 1.92. The lowest BCUT2D eigenvalue weighted by Gasteiger charge is -2.13. The molecule has 1 heterocycles. The summed E-state index contributed by atoms with van der Waals surface area (Å²) >= 11 is 0. The Morgan fingerprint density at radius 1 is 1.33 bits per heavy atom. The van der Waals surface area contributed by atoms with Crippen LogP contribution in [0.25, 0.3) is 0 Å².